The van der Waals surface area contributed by atoms with Crippen molar-refractivity contribution in [2.45, 2.75) is 26.4 Å². The highest BCUT2D eigenvalue weighted by Gasteiger charge is 1.97. The SMILES string of the molecule is CC(C)(C)O.NNC(=O)NN. The van der Waals surface area contributed by atoms with E-state index in [1.54, 1.807) is 31.6 Å². The lowest BCUT2D eigenvalue weighted by molar-refractivity contribution is 0.102. The van der Waals surface area contributed by atoms with E-state index in [2.05, 4.69) is 11.7 Å². The van der Waals surface area contributed by atoms with Gasteiger partial charge in [-0.2, -0.15) is 0 Å². The summed E-state index contributed by atoms with van der Waals surface area (Å²) < 4.78 is 0. The van der Waals surface area contributed by atoms with Crippen molar-refractivity contribution in [3.8, 4) is 0 Å². The Morgan fingerprint density at radius 3 is 1.45 bits per heavy atom. The Hall–Kier alpha value is -0.850. The zero-order valence-electron chi connectivity index (χ0n) is 7.01. The van der Waals surface area contributed by atoms with Crippen molar-refractivity contribution in [1.29, 1.82) is 0 Å². The van der Waals surface area contributed by atoms with Gasteiger partial charge in [0, 0.05) is 0 Å². The Morgan fingerprint density at radius 1 is 1.27 bits per heavy atom. The first-order chi connectivity index (χ1) is 4.81. The summed E-state index contributed by atoms with van der Waals surface area (Å²) >= 11 is 0. The highest BCUT2D eigenvalue weighted by atomic mass is 16.3. The molecule has 0 heterocycles. The van der Waals surface area contributed by atoms with Crippen LogP contribution < -0.4 is 22.5 Å². The first kappa shape index (κ1) is 12.8. The molecule has 0 aromatic carbocycles. The Balaban J connectivity index is 0. The molecule has 0 bridgehead atoms. The molecule has 6 nitrogen and oxygen atoms in total. The monoisotopic (exact) mass is 164 g/mol. The van der Waals surface area contributed by atoms with Crippen molar-refractivity contribution >= 4 is 6.03 Å². The van der Waals surface area contributed by atoms with Crippen LogP contribution in [-0.4, -0.2) is 16.7 Å². The first-order valence-corrected chi connectivity index (χ1v) is 3.01. The Kier molecular flexibility index (Phi) is 6.86. The van der Waals surface area contributed by atoms with Crippen molar-refractivity contribution in [2.24, 2.45) is 11.7 Å². The number of hydrogen-bond donors (Lipinski definition) is 5. The lowest BCUT2D eigenvalue weighted by atomic mass is 10.2. The van der Waals surface area contributed by atoms with Gasteiger partial charge in [-0.05, 0) is 20.8 Å². The molecule has 0 aliphatic rings. The van der Waals surface area contributed by atoms with Crippen molar-refractivity contribution in [1.82, 2.24) is 10.9 Å². The molecule has 68 valence electrons. The van der Waals surface area contributed by atoms with Gasteiger partial charge in [0.1, 0.15) is 0 Å². The van der Waals surface area contributed by atoms with Crippen molar-refractivity contribution in [3.05, 3.63) is 0 Å². The van der Waals surface area contributed by atoms with Gasteiger partial charge in [0.05, 0.1) is 5.60 Å². The van der Waals surface area contributed by atoms with Crippen molar-refractivity contribution in [3.63, 3.8) is 0 Å². The fourth-order valence-electron chi connectivity index (χ4n) is 0.0417. The molecule has 0 spiro atoms. The Morgan fingerprint density at radius 2 is 1.45 bits per heavy atom. The summed E-state index contributed by atoms with van der Waals surface area (Å²) in [6.07, 6.45) is 0. The van der Waals surface area contributed by atoms with Crippen LogP contribution >= 0.6 is 0 Å². The maximum atomic E-state index is 9.71. The minimum absolute atomic E-state index is 0.500. The molecule has 0 fully saturated rings. The molecule has 0 unspecified atom stereocenters. The molecule has 0 aliphatic heterocycles. The molecule has 0 radical (unpaired) electrons. The molecule has 7 N–H and O–H groups in total. The molecule has 0 rings (SSSR count). The van der Waals surface area contributed by atoms with E-state index in [1.165, 1.54) is 0 Å². The third kappa shape index (κ3) is 47.1. The smallest absolute Gasteiger partial charge is 0.343 e. The second-order valence-corrected chi connectivity index (χ2v) is 2.79. The summed E-state index contributed by atoms with van der Waals surface area (Å²) in [6.45, 7) is 5.23. The van der Waals surface area contributed by atoms with Crippen LogP contribution in [0.2, 0.25) is 0 Å². The fourth-order valence-corrected chi connectivity index (χ4v) is 0.0417. The topological polar surface area (TPSA) is 113 Å². The molecule has 11 heavy (non-hydrogen) atoms. The number of nitrogens with one attached hydrogen (secondary N) is 2. The van der Waals surface area contributed by atoms with Crippen LogP contribution in [0.3, 0.4) is 0 Å². The average molecular weight is 164 g/mol. The number of carbonyl (C=O) groups excluding carboxylic acids is 1. The van der Waals surface area contributed by atoms with Gasteiger partial charge in [-0.15, -0.1) is 0 Å². The summed E-state index contributed by atoms with van der Waals surface area (Å²) in [5.74, 6) is 9.08. The summed E-state index contributed by atoms with van der Waals surface area (Å²) in [4.78, 5) is 9.71. The van der Waals surface area contributed by atoms with Crippen LogP contribution in [0.4, 0.5) is 4.79 Å². The Labute approximate surface area is 65.9 Å². The fraction of sp³-hybridized carbons (Fsp3) is 0.800. The lowest BCUT2D eigenvalue weighted by Crippen LogP contribution is -2.43. The van der Waals surface area contributed by atoms with Gasteiger partial charge in [-0.1, -0.05) is 0 Å². The van der Waals surface area contributed by atoms with E-state index in [4.69, 9.17) is 5.11 Å². The van der Waals surface area contributed by atoms with Crippen LogP contribution in [0.5, 0.6) is 0 Å². The quantitative estimate of drug-likeness (QED) is 0.176. The number of carbonyl (C=O) groups is 1. The van der Waals surface area contributed by atoms with Crippen LogP contribution in [0.15, 0.2) is 0 Å². The molecule has 0 atom stereocenters. The predicted molar refractivity (Wildman–Crippen MR) is 42.0 cm³/mol. The molecule has 2 amide bonds. The van der Waals surface area contributed by atoms with E-state index in [1.807, 2.05) is 0 Å². The van der Waals surface area contributed by atoms with Crippen LogP contribution in [-0.2, 0) is 0 Å². The zero-order chi connectivity index (χ0) is 9.49. The number of amides is 2. The van der Waals surface area contributed by atoms with Crippen molar-refractivity contribution < 1.29 is 9.90 Å². The number of aliphatic hydroxyl groups is 1. The van der Waals surface area contributed by atoms with E-state index in [0.717, 1.165) is 0 Å². The van der Waals surface area contributed by atoms with Gasteiger partial charge < -0.3 is 5.11 Å². The van der Waals surface area contributed by atoms with Gasteiger partial charge in [-0.3, -0.25) is 10.9 Å². The first-order valence-electron chi connectivity index (χ1n) is 3.01. The van der Waals surface area contributed by atoms with E-state index in [0.29, 0.717) is 0 Å². The van der Waals surface area contributed by atoms with Crippen LogP contribution in [0.1, 0.15) is 20.8 Å². The highest BCUT2D eigenvalue weighted by Crippen LogP contribution is 1.93. The Bertz CT molecular complexity index is 97.5. The van der Waals surface area contributed by atoms with Gasteiger partial charge >= 0.3 is 6.03 Å². The standard InChI is InChI=1S/C4H10O.CH6N4O/c1-4(2,3)5;2-4-1(6)5-3/h5H,1-3H3;2-3H2,(H2,4,5,6). The summed E-state index contributed by atoms with van der Waals surface area (Å²) in [5, 5.41) is 8.52. The largest absolute Gasteiger partial charge is 0.391 e. The van der Waals surface area contributed by atoms with Crippen LogP contribution in [0, 0.1) is 0 Å². The second kappa shape index (κ2) is 5.90. The maximum absolute atomic E-state index is 9.71. The number of rotatable bonds is 0. The molecular formula is C5H16N4O2. The molecule has 0 saturated heterocycles. The molecule has 0 aromatic rings. The minimum atomic E-state index is -0.602. The molecule has 0 aliphatic carbocycles. The highest BCUT2D eigenvalue weighted by molar-refractivity contribution is 5.72. The van der Waals surface area contributed by atoms with Gasteiger partial charge in [0.25, 0.3) is 0 Å². The summed E-state index contributed by atoms with van der Waals surface area (Å²) in [5.41, 5.74) is 2.98. The summed E-state index contributed by atoms with van der Waals surface area (Å²) in [7, 11) is 0. The van der Waals surface area contributed by atoms with Gasteiger partial charge in [0.15, 0.2) is 0 Å². The molecule has 0 saturated carbocycles. The maximum Gasteiger partial charge on any atom is 0.343 e. The number of hydrogen-bond acceptors (Lipinski definition) is 4. The molecule has 6 heteroatoms. The predicted octanol–water partition coefficient (Wildman–Crippen LogP) is -1.19. The number of urea groups is 1. The number of hydrazine groups is 2. The van der Waals surface area contributed by atoms with E-state index >= 15 is 0 Å². The second-order valence-electron chi connectivity index (χ2n) is 2.79. The lowest BCUT2D eigenvalue weighted by Gasteiger charge is -2.04. The van der Waals surface area contributed by atoms with Gasteiger partial charge in [-0.25, -0.2) is 16.5 Å². The normalized spacial score (nSPS) is 9.27. The van der Waals surface area contributed by atoms with Crippen LogP contribution in [0.25, 0.3) is 0 Å². The van der Waals surface area contributed by atoms with E-state index in [-0.39, 0.29) is 0 Å². The zero-order valence-corrected chi connectivity index (χ0v) is 7.01. The number of nitrogens with two attached hydrogens (primary N) is 2. The van der Waals surface area contributed by atoms with Gasteiger partial charge in [0.2, 0.25) is 0 Å². The molecular weight excluding hydrogens is 148 g/mol. The van der Waals surface area contributed by atoms with E-state index < -0.39 is 11.6 Å². The van der Waals surface area contributed by atoms with Crippen molar-refractivity contribution in [2.75, 3.05) is 0 Å². The third-order valence-corrected chi connectivity index (χ3v) is 0.262. The minimum Gasteiger partial charge on any atom is -0.391 e. The third-order valence-electron chi connectivity index (χ3n) is 0.262. The van der Waals surface area contributed by atoms with E-state index in [9.17, 15) is 4.79 Å². The summed E-state index contributed by atoms with van der Waals surface area (Å²) in [6, 6.07) is -0.602. The molecule has 0 aromatic heterocycles. The average Bonchev–Trinajstić information content (AvgIpc) is 1.83.